The summed E-state index contributed by atoms with van der Waals surface area (Å²) >= 11 is 0. The number of hydrogen-bond acceptors (Lipinski definition) is 2. The van der Waals surface area contributed by atoms with E-state index in [1.807, 2.05) is 0 Å². The third kappa shape index (κ3) is 2.62. The Morgan fingerprint density at radius 3 is 2.22 bits per heavy atom. The van der Waals surface area contributed by atoms with Gasteiger partial charge in [0, 0.05) is 6.07 Å². The van der Waals surface area contributed by atoms with Gasteiger partial charge in [-0.2, -0.15) is 0 Å². The largest absolute Gasteiger partial charge is 0.451 e. The molecule has 0 heterocycles. The number of hydrogen-bond donors (Lipinski definition) is 1. The van der Waals surface area contributed by atoms with Gasteiger partial charge in [-0.15, -0.1) is 0 Å². The molecule has 94 valence electrons. The van der Waals surface area contributed by atoms with Crippen LogP contribution in [0.1, 0.15) is 5.56 Å². The fraction of sp³-hybridized carbons (Fsp3) is 0.0769. The van der Waals surface area contributed by atoms with Crippen LogP contribution in [0, 0.1) is 17.5 Å². The second-order valence-corrected chi connectivity index (χ2v) is 3.61. The van der Waals surface area contributed by atoms with Crippen molar-refractivity contribution in [3.05, 3.63) is 59.4 Å². The van der Waals surface area contributed by atoms with Crippen LogP contribution in [0.25, 0.3) is 0 Å². The van der Waals surface area contributed by atoms with E-state index in [1.54, 1.807) is 0 Å². The molecular formula is C13H9F3O2. The minimum Gasteiger partial charge on any atom is -0.451 e. The molecule has 0 aliphatic rings. The average molecular weight is 254 g/mol. The normalized spacial score (nSPS) is 10.4. The molecule has 0 amide bonds. The van der Waals surface area contributed by atoms with E-state index in [4.69, 9.17) is 9.84 Å². The Hall–Kier alpha value is -2.01. The Balaban J connectivity index is 2.35. The number of ether oxygens (including phenoxy) is 1. The zero-order valence-corrected chi connectivity index (χ0v) is 9.16. The summed E-state index contributed by atoms with van der Waals surface area (Å²) in [6, 6.07) is 6.85. The SMILES string of the molecule is OCc1cc(F)c(Oc2cccc(F)c2)c(F)c1. The van der Waals surface area contributed by atoms with Crippen molar-refractivity contribution < 1.29 is 23.0 Å². The molecule has 0 aromatic heterocycles. The van der Waals surface area contributed by atoms with Crippen molar-refractivity contribution in [1.82, 2.24) is 0 Å². The third-order valence-electron chi connectivity index (χ3n) is 2.26. The van der Waals surface area contributed by atoms with Gasteiger partial charge < -0.3 is 9.84 Å². The van der Waals surface area contributed by atoms with E-state index in [0.29, 0.717) is 0 Å². The third-order valence-corrected chi connectivity index (χ3v) is 2.26. The van der Waals surface area contributed by atoms with E-state index in [2.05, 4.69) is 0 Å². The van der Waals surface area contributed by atoms with Crippen molar-refractivity contribution in [3.8, 4) is 11.5 Å². The quantitative estimate of drug-likeness (QED) is 0.909. The van der Waals surface area contributed by atoms with Gasteiger partial charge in [-0.1, -0.05) is 6.07 Å². The maximum absolute atomic E-state index is 13.5. The van der Waals surface area contributed by atoms with Crippen LogP contribution >= 0.6 is 0 Å². The summed E-state index contributed by atoms with van der Waals surface area (Å²) in [4.78, 5) is 0. The highest BCUT2D eigenvalue weighted by Gasteiger charge is 2.13. The summed E-state index contributed by atoms with van der Waals surface area (Å²) in [7, 11) is 0. The molecule has 2 aromatic carbocycles. The number of rotatable bonds is 3. The molecule has 18 heavy (non-hydrogen) atoms. The summed E-state index contributed by atoms with van der Waals surface area (Å²) < 4.78 is 44.9. The summed E-state index contributed by atoms with van der Waals surface area (Å²) in [5, 5.41) is 8.78. The van der Waals surface area contributed by atoms with Crippen LogP contribution < -0.4 is 4.74 Å². The molecule has 2 aromatic rings. The lowest BCUT2D eigenvalue weighted by Crippen LogP contribution is -1.96. The van der Waals surface area contributed by atoms with Crippen LogP contribution in [-0.4, -0.2) is 5.11 Å². The number of halogens is 3. The predicted molar refractivity (Wildman–Crippen MR) is 58.8 cm³/mol. The minimum atomic E-state index is -0.955. The molecule has 5 heteroatoms. The first-order chi connectivity index (χ1) is 8.60. The first-order valence-corrected chi connectivity index (χ1v) is 5.12. The number of benzene rings is 2. The van der Waals surface area contributed by atoms with Gasteiger partial charge in [-0.05, 0) is 29.8 Å². The van der Waals surface area contributed by atoms with Crippen molar-refractivity contribution in [2.45, 2.75) is 6.61 Å². The maximum Gasteiger partial charge on any atom is 0.198 e. The monoisotopic (exact) mass is 254 g/mol. The average Bonchev–Trinajstić information content (AvgIpc) is 2.33. The van der Waals surface area contributed by atoms with Gasteiger partial charge in [0.05, 0.1) is 6.61 Å². The second-order valence-electron chi connectivity index (χ2n) is 3.61. The zero-order valence-electron chi connectivity index (χ0n) is 9.16. The molecule has 0 aliphatic heterocycles. The van der Waals surface area contributed by atoms with Crippen LogP contribution in [0.2, 0.25) is 0 Å². The number of aliphatic hydroxyl groups is 1. The molecule has 0 unspecified atom stereocenters. The molecule has 0 spiro atoms. The van der Waals surface area contributed by atoms with Crippen LogP contribution in [0.4, 0.5) is 13.2 Å². The van der Waals surface area contributed by atoms with Gasteiger partial charge >= 0.3 is 0 Å². The molecule has 1 N–H and O–H groups in total. The van der Waals surface area contributed by atoms with Crippen molar-refractivity contribution in [1.29, 1.82) is 0 Å². The summed E-state index contributed by atoms with van der Waals surface area (Å²) in [6.45, 7) is -0.478. The molecule has 0 saturated heterocycles. The van der Waals surface area contributed by atoms with Crippen molar-refractivity contribution in [2.24, 2.45) is 0 Å². The van der Waals surface area contributed by atoms with Gasteiger partial charge in [-0.3, -0.25) is 0 Å². The van der Waals surface area contributed by atoms with Gasteiger partial charge in [0.1, 0.15) is 11.6 Å². The van der Waals surface area contributed by atoms with Gasteiger partial charge in [0.25, 0.3) is 0 Å². The van der Waals surface area contributed by atoms with Crippen molar-refractivity contribution in [2.75, 3.05) is 0 Å². The zero-order chi connectivity index (χ0) is 13.1. The van der Waals surface area contributed by atoms with E-state index in [9.17, 15) is 13.2 Å². The van der Waals surface area contributed by atoms with E-state index >= 15 is 0 Å². The fourth-order valence-electron chi connectivity index (χ4n) is 1.45. The lowest BCUT2D eigenvalue weighted by Gasteiger charge is -2.09. The second kappa shape index (κ2) is 5.10. The standard InChI is InChI=1S/C13H9F3O2/c14-9-2-1-3-10(6-9)18-13-11(15)4-8(7-17)5-12(13)16/h1-6,17H,7H2. The molecule has 0 aliphatic carbocycles. The molecule has 0 atom stereocenters. The number of aliphatic hydroxyl groups excluding tert-OH is 1. The summed E-state index contributed by atoms with van der Waals surface area (Å²) in [6.07, 6.45) is 0. The highest BCUT2D eigenvalue weighted by Crippen LogP contribution is 2.28. The smallest absolute Gasteiger partial charge is 0.198 e. The van der Waals surface area contributed by atoms with Crippen LogP contribution in [-0.2, 0) is 6.61 Å². The van der Waals surface area contributed by atoms with Crippen LogP contribution in [0.5, 0.6) is 11.5 Å². The Morgan fingerprint density at radius 1 is 1.00 bits per heavy atom. The topological polar surface area (TPSA) is 29.5 Å². The molecule has 0 radical (unpaired) electrons. The van der Waals surface area contributed by atoms with E-state index in [1.165, 1.54) is 18.2 Å². The molecular weight excluding hydrogens is 245 g/mol. The van der Waals surface area contributed by atoms with Gasteiger partial charge in [0.15, 0.2) is 17.4 Å². The summed E-state index contributed by atoms with van der Waals surface area (Å²) in [5.74, 6) is -3.12. The van der Waals surface area contributed by atoms with E-state index in [0.717, 1.165) is 18.2 Å². The maximum atomic E-state index is 13.5. The van der Waals surface area contributed by atoms with Crippen LogP contribution in [0.15, 0.2) is 36.4 Å². The fourth-order valence-corrected chi connectivity index (χ4v) is 1.45. The van der Waals surface area contributed by atoms with Crippen LogP contribution in [0.3, 0.4) is 0 Å². The molecule has 2 rings (SSSR count). The van der Waals surface area contributed by atoms with E-state index in [-0.39, 0.29) is 11.3 Å². The Labute approximate surface area is 101 Å². The highest BCUT2D eigenvalue weighted by molar-refractivity contribution is 5.35. The molecule has 0 bridgehead atoms. The first kappa shape index (κ1) is 12.4. The molecule has 0 fully saturated rings. The first-order valence-electron chi connectivity index (χ1n) is 5.12. The Kier molecular flexibility index (Phi) is 3.53. The van der Waals surface area contributed by atoms with E-state index < -0.39 is 29.8 Å². The molecule has 0 saturated carbocycles. The van der Waals surface area contributed by atoms with Crippen molar-refractivity contribution >= 4 is 0 Å². The summed E-state index contributed by atoms with van der Waals surface area (Å²) in [5.41, 5.74) is 0.0941. The Morgan fingerprint density at radius 2 is 1.67 bits per heavy atom. The minimum absolute atomic E-state index is 0.00968. The Bertz CT molecular complexity index is 547. The molecule has 2 nitrogen and oxygen atoms in total. The lowest BCUT2D eigenvalue weighted by molar-refractivity contribution is 0.279. The highest BCUT2D eigenvalue weighted by atomic mass is 19.1. The lowest BCUT2D eigenvalue weighted by atomic mass is 10.2. The van der Waals surface area contributed by atoms with Gasteiger partial charge in [-0.25, -0.2) is 13.2 Å². The predicted octanol–water partition coefficient (Wildman–Crippen LogP) is 3.39. The van der Waals surface area contributed by atoms with Gasteiger partial charge in [0.2, 0.25) is 0 Å². The van der Waals surface area contributed by atoms with Crippen molar-refractivity contribution in [3.63, 3.8) is 0 Å².